The molecule has 2 N–H and O–H groups in total. The van der Waals surface area contributed by atoms with E-state index in [2.05, 4.69) is 9.62 Å². The molecule has 1 aliphatic heterocycles. The number of hydrogen-bond acceptors (Lipinski definition) is 6. The standard InChI is InChI=1S/C26H39N3O4S/c1-20-23(9-5-11-25(20)33-18-8-16-29-17-13-22(30)19-29)24-10-6-12-26(21(24)2)34(31,32)27-14-7-15-28(3)4/h5-6,9-12,22,27,30H,7-8,13-19H2,1-4H3. The Hall–Kier alpha value is -1.97. The van der Waals surface area contributed by atoms with Crippen LogP contribution < -0.4 is 9.46 Å². The number of β-amino-alcohol motifs (C(OH)–C–C–N with tert-alkyl or cyclic N) is 1. The SMILES string of the molecule is Cc1c(OCCCN2CCC(O)C2)cccc1-c1cccc(S(=O)(=O)NCCCN(C)C)c1C. The molecule has 0 spiro atoms. The Labute approximate surface area is 204 Å². The predicted octanol–water partition coefficient (Wildman–Crippen LogP) is 3.04. The van der Waals surface area contributed by atoms with Crippen LogP contribution in [0.4, 0.5) is 0 Å². The van der Waals surface area contributed by atoms with Gasteiger partial charge in [-0.05, 0) is 88.1 Å². The lowest BCUT2D eigenvalue weighted by Crippen LogP contribution is -2.28. The molecule has 1 heterocycles. The van der Waals surface area contributed by atoms with E-state index in [0.29, 0.717) is 18.0 Å². The second kappa shape index (κ2) is 12.1. The van der Waals surface area contributed by atoms with Crippen molar-refractivity contribution in [2.45, 2.75) is 44.1 Å². The molecule has 34 heavy (non-hydrogen) atoms. The second-order valence-electron chi connectivity index (χ2n) is 9.36. The summed E-state index contributed by atoms with van der Waals surface area (Å²) < 4.78 is 34.8. The molecular formula is C26H39N3O4S. The van der Waals surface area contributed by atoms with Gasteiger partial charge in [-0.15, -0.1) is 0 Å². The first-order chi connectivity index (χ1) is 16.2. The van der Waals surface area contributed by atoms with Crippen molar-refractivity contribution < 1.29 is 18.3 Å². The monoisotopic (exact) mass is 489 g/mol. The first-order valence-corrected chi connectivity index (χ1v) is 13.5. The van der Waals surface area contributed by atoms with Crippen LogP contribution in [0.15, 0.2) is 41.3 Å². The number of sulfonamides is 1. The molecule has 0 aromatic heterocycles. The molecule has 0 bridgehead atoms. The fourth-order valence-corrected chi connectivity index (χ4v) is 5.76. The zero-order chi connectivity index (χ0) is 24.7. The summed E-state index contributed by atoms with van der Waals surface area (Å²) in [5, 5.41) is 9.66. The highest BCUT2D eigenvalue weighted by Gasteiger charge is 2.21. The third-order valence-corrected chi connectivity index (χ3v) is 7.95. The summed E-state index contributed by atoms with van der Waals surface area (Å²) in [5.41, 5.74) is 3.60. The molecule has 0 saturated carbocycles. The van der Waals surface area contributed by atoms with Crippen LogP contribution >= 0.6 is 0 Å². The molecular weight excluding hydrogens is 450 g/mol. The Morgan fingerprint density at radius 3 is 2.47 bits per heavy atom. The number of ether oxygens (including phenoxy) is 1. The molecule has 2 aromatic carbocycles. The van der Waals surface area contributed by atoms with Crippen molar-refractivity contribution in [2.75, 3.05) is 53.4 Å². The van der Waals surface area contributed by atoms with Gasteiger partial charge in [-0.1, -0.05) is 24.3 Å². The minimum Gasteiger partial charge on any atom is -0.493 e. The van der Waals surface area contributed by atoms with E-state index in [1.165, 1.54) is 0 Å². The van der Waals surface area contributed by atoms with Crippen LogP contribution in [0.25, 0.3) is 11.1 Å². The first-order valence-electron chi connectivity index (χ1n) is 12.1. The van der Waals surface area contributed by atoms with Gasteiger partial charge in [0.15, 0.2) is 0 Å². The summed E-state index contributed by atoms with van der Waals surface area (Å²) >= 11 is 0. The average Bonchev–Trinajstić information content (AvgIpc) is 3.20. The van der Waals surface area contributed by atoms with Crippen molar-refractivity contribution in [3.05, 3.63) is 47.5 Å². The van der Waals surface area contributed by atoms with Gasteiger partial charge in [0, 0.05) is 26.2 Å². The molecule has 188 valence electrons. The molecule has 3 rings (SSSR count). The van der Waals surface area contributed by atoms with Crippen molar-refractivity contribution in [3.8, 4) is 16.9 Å². The number of hydrogen-bond donors (Lipinski definition) is 2. The van der Waals surface area contributed by atoms with Gasteiger partial charge in [0.05, 0.1) is 17.6 Å². The minimum atomic E-state index is -3.59. The van der Waals surface area contributed by atoms with E-state index in [9.17, 15) is 13.5 Å². The summed E-state index contributed by atoms with van der Waals surface area (Å²) in [7, 11) is 0.352. The highest BCUT2D eigenvalue weighted by atomic mass is 32.2. The Morgan fingerprint density at radius 2 is 1.79 bits per heavy atom. The lowest BCUT2D eigenvalue weighted by atomic mass is 9.96. The molecule has 1 saturated heterocycles. The molecule has 0 radical (unpaired) electrons. The summed E-state index contributed by atoms with van der Waals surface area (Å²) in [6, 6.07) is 11.4. The highest BCUT2D eigenvalue weighted by Crippen LogP contribution is 2.34. The third kappa shape index (κ3) is 7.02. The number of nitrogens with one attached hydrogen (secondary N) is 1. The largest absolute Gasteiger partial charge is 0.493 e. The van der Waals surface area contributed by atoms with Crippen LogP contribution in [-0.2, 0) is 10.0 Å². The van der Waals surface area contributed by atoms with Crippen molar-refractivity contribution in [1.82, 2.24) is 14.5 Å². The fourth-order valence-electron chi connectivity index (χ4n) is 4.43. The first kappa shape index (κ1) is 26.6. The maximum atomic E-state index is 13.0. The lowest BCUT2D eigenvalue weighted by molar-refractivity contribution is 0.173. The Kier molecular flexibility index (Phi) is 9.50. The van der Waals surface area contributed by atoms with E-state index in [1.54, 1.807) is 12.1 Å². The summed E-state index contributed by atoms with van der Waals surface area (Å²) in [6.07, 6.45) is 2.29. The number of nitrogens with zero attached hydrogens (tertiary/aromatic N) is 2. The van der Waals surface area contributed by atoms with Crippen LogP contribution in [0.1, 0.15) is 30.4 Å². The molecule has 1 fully saturated rings. The lowest BCUT2D eigenvalue weighted by Gasteiger charge is -2.18. The van der Waals surface area contributed by atoms with Crippen molar-refractivity contribution in [2.24, 2.45) is 0 Å². The third-order valence-electron chi connectivity index (χ3n) is 6.35. The van der Waals surface area contributed by atoms with Crippen LogP contribution in [0.2, 0.25) is 0 Å². The minimum absolute atomic E-state index is 0.198. The van der Waals surface area contributed by atoms with Crippen LogP contribution in [0.5, 0.6) is 5.75 Å². The van der Waals surface area contributed by atoms with Gasteiger partial charge in [-0.3, -0.25) is 0 Å². The highest BCUT2D eigenvalue weighted by molar-refractivity contribution is 7.89. The normalized spacial score (nSPS) is 16.9. The van der Waals surface area contributed by atoms with Crippen molar-refractivity contribution in [1.29, 1.82) is 0 Å². The van der Waals surface area contributed by atoms with E-state index in [-0.39, 0.29) is 6.10 Å². The average molecular weight is 490 g/mol. The van der Waals surface area contributed by atoms with Gasteiger partial charge in [0.1, 0.15) is 5.75 Å². The topological polar surface area (TPSA) is 82.1 Å². The number of benzene rings is 2. The Balaban J connectivity index is 1.69. The quantitative estimate of drug-likeness (QED) is 0.446. The zero-order valence-corrected chi connectivity index (χ0v) is 21.7. The van der Waals surface area contributed by atoms with Gasteiger partial charge in [-0.25, -0.2) is 13.1 Å². The Bertz CT molecular complexity index is 1060. The molecule has 1 unspecified atom stereocenters. The van der Waals surface area contributed by atoms with Crippen LogP contribution in [-0.4, -0.2) is 82.9 Å². The van der Waals surface area contributed by atoms with E-state index < -0.39 is 10.0 Å². The maximum absolute atomic E-state index is 13.0. The molecule has 7 nitrogen and oxygen atoms in total. The summed E-state index contributed by atoms with van der Waals surface area (Å²) in [4.78, 5) is 4.61. The predicted molar refractivity (Wildman–Crippen MR) is 137 cm³/mol. The van der Waals surface area contributed by atoms with Crippen molar-refractivity contribution >= 4 is 10.0 Å². The number of aliphatic hydroxyl groups excluding tert-OH is 1. The molecule has 2 aromatic rings. The van der Waals surface area contributed by atoms with Gasteiger partial charge < -0.3 is 19.6 Å². The van der Waals surface area contributed by atoms with E-state index >= 15 is 0 Å². The van der Waals surface area contributed by atoms with Crippen LogP contribution in [0, 0.1) is 13.8 Å². The molecule has 1 atom stereocenters. The molecule has 0 amide bonds. The van der Waals surface area contributed by atoms with E-state index in [0.717, 1.165) is 73.4 Å². The second-order valence-corrected chi connectivity index (χ2v) is 11.1. The van der Waals surface area contributed by atoms with Gasteiger partial charge >= 0.3 is 0 Å². The molecule has 8 heteroatoms. The van der Waals surface area contributed by atoms with Crippen LogP contribution in [0.3, 0.4) is 0 Å². The number of likely N-dealkylation sites (tertiary alicyclic amines) is 1. The fraction of sp³-hybridized carbons (Fsp3) is 0.538. The van der Waals surface area contributed by atoms with E-state index in [4.69, 9.17) is 4.74 Å². The zero-order valence-electron chi connectivity index (χ0n) is 20.9. The number of rotatable bonds is 12. The van der Waals surface area contributed by atoms with Gasteiger partial charge in [0.2, 0.25) is 10.0 Å². The molecule has 1 aliphatic rings. The molecule has 0 aliphatic carbocycles. The van der Waals surface area contributed by atoms with Gasteiger partial charge in [0.25, 0.3) is 0 Å². The summed E-state index contributed by atoms with van der Waals surface area (Å²) in [6.45, 7) is 8.31. The van der Waals surface area contributed by atoms with Gasteiger partial charge in [-0.2, -0.15) is 0 Å². The number of aliphatic hydroxyl groups is 1. The van der Waals surface area contributed by atoms with E-state index in [1.807, 2.05) is 57.1 Å². The maximum Gasteiger partial charge on any atom is 0.240 e. The van der Waals surface area contributed by atoms with Crippen molar-refractivity contribution in [3.63, 3.8) is 0 Å². The smallest absolute Gasteiger partial charge is 0.240 e. The Morgan fingerprint density at radius 1 is 1.09 bits per heavy atom. The summed E-state index contributed by atoms with van der Waals surface area (Å²) in [5.74, 6) is 0.813.